The van der Waals surface area contributed by atoms with E-state index in [9.17, 15) is 0 Å². The minimum Gasteiger partial charge on any atom is -0.373 e. The van der Waals surface area contributed by atoms with Gasteiger partial charge in [0.05, 0.1) is 13.2 Å². The molecule has 0 fully saturated rings. The predicted octanol–water partition coefficient (Wildman–Crippen LogP) is 8.73. The summed E-state index contributed by atoms with van der Waals surface area (Å²) in [5, 5.41) is 0. The van der Waals surface area contributed by atoms with E-state index >= 15 is 0 Å². The zero-order chi connectivity index (χ0) is 25.0. The van der Waals surface area contributed by atoms with Crippen molar-refractivity contribution in [1.29, 1.82) is 0 Å². The first-order chi connectivity index (χ1) is 16.5. The highest BCUT2D eigenvalue weighted by Crippen LogP contribution is 2.20. The summed E-state index contributed by atoms with van der Waals surface area (Å²) < 4.78 is 17.6. The van der Waals surface area contributed by atoms with Crippen molar-refractivity contribution in [3.05, 3.63) is 82.5 Å². The summed E-state index contributed by atoms with van der Waals surface area (Å²) in [5.41, 5.74) is 6.66. The Hall–Kier alpha value is -1.94. The summed E-state index contributed by atoms with van der Waals surface area (Å²) in [6.07, 6.45) is 15.2. The highest BCUT2D eigenvalue weighted by atomic mass is 16.7. The molecule has 1 aromatic carbocycles. The summed E-state index contributed by atoms with van der Waals surface area (Å²) in [6, 6.07) is 10.3. The monoisotopic (exact) mass is 468 g/mol. The molecule has 3 heteroatoms. The second-order valence-corrected chi connectivity index (χ2v) is 9.02. The Labute approximate surface area is 209 Å². The van der Waals surface area contributed by atoms with Gasteiger partial charge in [0, 0.05) is 13.2 Å². The van der Waals surface area contributed by atoms with E-state index in [4.69, 9.17) is 14.2 Å². The third-order valence-corrected chi connectivity index (χ3v) is 5.56. The van der Waals surface area contributed by atoms with Crippen LogP contribution in [0.5, 0.6) is 0 Å². The van der Waals surface area contributed by atoms with Gasteiger partial charge in [0.1, 0.15) is 0 Å². The average molecular weight is 469 g/mol. The van der Waals surface area contributed by atoms with E-state index in [1.165, 1.54) is 27.9 Å². The maximum atomic E-state index is 5.92. The Morgan fingerprint density at radius 1 is 0.735 bits per heavy atom. The number of benzene rings is 1. The van der Waals surface area contributed by atoms with Crippen LogP contribution in [0.2, 0.25) is 0 Å². The SMILES string of the molecule is CCOC(OCC)/C(=C\CC/C(C)=C/COCc1ccccc1)CC/C=C(\C)CCC=C(C)C. The normalized spacial score (nSPS) is 13.0. The molecule has 190 valence electrons. The standard InChI is InChI=1S/C31H48O3/c1-7-33-31(34-8-2)30(21-13-17-27(5)16-12-15-26(3)4)22-14-18-28(6)23-24-32-25-29-19-10-9-11-20-29/h9-11,15,17,19-20,22-23,31H,7-8,12-14,16,18,21,24-25H2,1-6H3/b27-17+,28-23+,30-22-. The fourth-order valence-corrected chi connectivity index (χ4v) is 3.60. The number of hydrogen-bond donors (Lipinski definition) is 0. The van der Waals surface area contributed by atoms with Gasteiger partial charge >= 0.3 is 0 Å². The van der Waals surface area contributed by atoms with Crippen LogP contribution in [-0.4, -0.2) is 26.1 Å². The van der Waals surface area contributed by atoms with E-state index in [1.807, 2.05) is 32.0 Å². The van der Waals surface area contributed by atoms with Gasteiger partial charge in [-0.25, -0.2) is 0 Å². The molecule has 0 unspecified atom stereocenters. The molecule has 0 N–H and O–H groups in total. The molecule has 0 heterocycles. The van der Waals surface area contributed by atoms with Crippen molar-refractivity contribution in [3.63, 3.8) is 0 Å². The van der Waals surface area contributed by atoms with Crippen LogP contribution in [0.25, 0.3) is 0 Å². The van der Waals surface area contributed by atoms with Crippen molar-refractivity contribution in [2.45, 2.75) is 93.0 Å². The van der Waals surface area contributed by atoms with Crippen LogP contribution in [0.15, 0.2) is 76.9 Å². The minimum atomic E-state index is -0.243. The minimum absolute atomic E-state index is 0.243. The van der Waals surface area contributed by atoms with Gasteiger partial charge in [0.15, 0.2) is 6.29 Å². The van der Waals surface area contributed by atoms with E-state index in [2.05, 4.69) is 64.1 Å². The summed E-state index contributed by atoms with van der Waals surface area (Å²) >= 11 is 0. The number of rotatable bonds is 18. The van der Waals surface area contributed by atoms with Crippen molar-refractivity contribution >= 4 is 0 Å². The molecular formula is C31H48O3. The topological polar surface area (TPSA) is 27.7 Å². The van der Waals surface area contributed by atoms with Crippen LogP contribution in [0.1, 0.15) is 85.6 Å². The van der Waals surface area contributed by atoms with Gasteiger partial charge < -0.3 is 14.2 Å². The van der Waals surface area contributed by atoms with Gasteiger partial charge in [-0.05, 0) is 91.2 Å². The molecule has 0 saturated heterocycles. The summed E-state index contributed by atoms with van der Waals surface area (Å²) in [6.45, 7) is 15.4. The van der Waals surface area contributed by atoms with E-state index in [-0.39, 0.29) is 6.29 Å². The third-order valence-electron chi connectivity index (χ3n) is 5.56. The average Bonchev–Trinajstić information content (AvgIpc) is 2.81. The van der Waals surface area contributed by atoms with E-state index < -0.39 is 0 Å². The van der Waals surface area contributed by atoms with Gasteiger partial charge in [-0.15, -0.1) is 0 Å². The molecule has 0 amide bonds. The summed E-state index contributed by atoms with van der Waals surface area (Å²) in [4.78, 5) is 0. The molecule has 0 spiro atoms. The van der Waals surface area contributed by atoms with Crippen LogP contribution in [0.3, 0.4) is 0 Å². The Morgan fingerprint density at radius 3 is 1.94 bits per heavy atom. The lowest BCUT2D eigenvalue weighted by Gasteiger charge is -2.20. The lowest BCUT2D eigenvalue weighted by molar-refractivity contribution is -0.113. The third kappa shape index (κ3) is 15.1. The van der Waals surface area contributed by atoms with Gasteiger partial charge in [-0.1, -0.05) is 71.4 Å². The predicted molar refractivity (Wildman–Crippen MR) is 146 cm³/mol. The van der Waals surface area contributed by atoms with Crippen LogP contribution in [0, 0.1) is 0 Å². The van der Waals surface area contributed by atoms with Crippen molar-refractivity contribution < 1.29 is 14.2 Å². The van der Waals surface area contributed by atoms with E-state index in [0.717, 1.165) is 38.5 Å². The van der Waals surface area contributed by atoms with Gasteiger partial charge in [0.25, 0.3) is 0 Å². The first-order valence-electron chi connectivity index (χ1n) is 12.9. The van der Waals surface area contributed by atoms with Crippen LogP contribution >= 0.6 is 0 Å². The highest BCUT2D eigenvalue weighted by Gasteiger charge is 2.14. The molecule has 0 aliphatic carbocycles. The first-order valence-corrected chi connectivity index (χ1v) is 12.9. The van der Waals surface area contributed by atoms with Crippen molar-refractivity contribution in [2.24, 2.45) is 0 Å². The van der Waals surface area contributed by atoms with Crippen molar-refractivity contribution in [1.82, 2.24) is 0 Å². The first kappa shape index (κ1) is 30.1. The maximum Gasteiger partial charge on any atom is 0.179 e. The molecular weight excluding hydrogens is 420 g/mol. The van der Waals surface area contributed by atoms with Gasteiger partial charge in [0.2, 0.25) is 0 Å². The molecule has 0 saturated carbocycles. The number of allylic oxidation sites excluding steroid dienone is 6. The second-order valence-electron chi connectivity index (χ2n) is 9.02. The molecule has 34 heavy (non-hydrogen) atoms. The fourth-order valence-electron chi connectivity index (χ4n) is 3.60. The summed E-state index contributed by atoms with van der Waals surface area (Å²) in [7, 11) is 0. The molecule has 0 aromatic heterocycles. The Kier molecular flexibility index (Phi) is 17.1. The lowest BCUT2D eigenvalue weighted by Crippen LogP contribution is -2.20. The van der Waals surface area contributed by atoms with Crippen molar-refractivity contribution in [2.75, 3.05) is 19.8 Å². The molecule has 0 aliphatic heterocycles. The van der Waals surface area contributed by atoms with Crippen LogP contribution in [-0.2, 0) is 20.8 Å². The second kappa shape index (κ2) is 19.4. The van der Waals surface area contributed by atoms with Crippen LogP contribution in [0.4, 0.5) is 0 Å². The maximum absolute atomic E-state index is 5.92. The molecule has 1 rings (SSSR count). The number of hydrogen-bond acceptors (Lipinski definition) is 3. The number of ether oxygens (including phenoxy) is 3. The smallest absolute Gasteiger partial charge is 0.179 e. The van der Waals surface area contributed by atoms with Gasteiger partial charge in [-0.2, -0.15) is 0 Å². The fraction of sp³-hybridized carbons (Fsp3) is 0.548. The molecule has 0 atom stereocenters. The molecule has 0 radical (unpaired) electrons. The molecule has 0 bridgehead atoms. The Bertz CT molecular complexity index is 761. The molecule has 3 nitrogen and oxygen atoms in total. The zero-order valence-electron chi connectivity index (χ0n) is 22.6. The van der Waals surface area contributed by atoms with Crippen LogP contribution < -0.4 is 0 Å². The quantitative estimate of drug-likeness (QED) is 0.122. The molecule has 1 aromatic rings. The zero-order valence-corrected chi connectivity index (χ0v) is 22.6. The van der Waals surface area contributed by atoms with Gasteiger partial charge in [-0.3, -0.25) is 0 Å². The van der Waals surface area contributed by atoms with E-state index in [1.54, 1.807) is 0 Å². The van der Waals surface area contributed by atoms with E-state index in [0.29, 0.717) is 26.4 Å². The Morgan fingerprint density at radius 2 is 1.32 bits per heavy atom. The highest BCUT2D eigenvalue weighted by molar-refractivity contribution is 5.14. The largest absolute Gasteiger partial charge is 0.373 e. The van der Waals surface area contributed by atoms with Crippen molar-refractivity contribution in [3.8, 4) is 0 Å². The lowest BCUT2D eigenvalue weighted by atomic mass is 10.0. The summed E-state index contributed by atoms with van der Waals surface area (Å²) in [5.74, 6) is 0. The molecule has 0 aliphatic rings. The Balaban J connectivity index is 2.59.